The summed E-state index contributed by atoms with van der Waals surface area (Å²) in [5.74, 6) is 0.00595. The summed E-state index contributed by atoms with van der Waals surface area (Å²) < 4.78 is 12.3. The third-order valence-corrected chi connectivity index (χ3v) is 4.42. The Labute approximate surface area is 157 Å². The van der Waals surface area contributed by atoms with Gasteiger partial charge in [0.15, 0.2) is 5.58 Å². The van der Waals surface area contributed by atoms with E-state index in [0.29, 0.717) is 24.3 Å². The van der Waals surface area contributed by atoms with Crippen LogP contribution in [0.4, 0.5) is 0 Å². The van der Waals surface area contributed by atoms with E-state index in [-0.39, 0.29) is 5.91 Å². The number of carbonyl (C=O) groups is 1. The molecule has 0 fully saturated rings. The zero-order valence-corrected chi connectivity index (χ0v) is 15.6. The molecular weight excluding hydrogens is 344 g/mol. The van der Waals surface area contributed by atoms with E-state index in [1.165, 1.54) is 4.57 Å². The highest BCUT2D eigenvalue weighted by Crippen LogP contribution is 2.17. The zero-order valence-electron chi connectivity index (χ0n) is 15.6. The monoisotopic (exact) mass is 368 g/mol. The normalized spacial score (nSPS) is 12.1. The van der Waals surface area contributed by atoms with Crippen LogP contribution in [0.1, 0.15) is 38.3 Å². The highest BCUT2D eigenvalue weighted by atomic mass is 16.5. The lowest BCUT2D eigenvalue weighted by Crippen LogP contribution is -2.34. The fourth-order valence-corrected chi connectivity index (χ4v) is 2.88. The van der Waals surface area contributed by atoms with Gasteiger partial charge in [0.2, 0.25) is 5.91 Å². The molecular formula is C21H24N2O4. The first-order valence-corrected chi connectivity index (χ1v) is 9.19. The number of hydrogen-bond acceptors (Lipinski definition) is 4. The van der Waals surface area contributed by atoms with Crippen LogP contribution in [0.15, 0.2) is 57.7 Å². The van der Waals surface area contributed by atoms with Gasteiger partial charge in [0.1, 0.15) is 11.8 Å². The summed E-state index contributed by atoms with van der Waals surface area (Å²) in [6.07, 6.45) is 2.08. The first kappa shape index (κ1) is 18.8. The third-order valence-electron chi connectivity index (χ3n) is 4.42. The van der Waals surface area contributed by atoms with Gasteiger partial charge in [-0.3, -0.25) is 9.36 Å². The highest BCUT2D eigenvalue weighted by molar-refractivity contribution is 5.82. The van der Waals surface area contributed by atoms with Gasteiger partial charge in [-0.25, -0.2) is 4.79 Å². The maximum absolute atomic E-state index is 12.6. The van der Waals surface area contributed by atoms with Crippen molar-refractivity contribution in [1.82, 2.24) is 9.88 Å². The van der Waals surface area contributed by atoms with Crippen LogP contribution in [-0.4, -0.2) is 17.1 Å². The van der Waals surface area contributed by atoms with Crippen molar-refractivity contribution < 1.29 is 13.9 Å². The zero-order chi connectivity index (χ0) is 19.2. The molecule has 0 bridgehead atoms. The number of nitrogens with one attached hydrogen (secondary N) is 1. The molecule has 0 saturated heterocycles. The fourth-order valence-electron chi connectivity index (χ4n) is 2.88. The predicted molar refractivity (Wildman–Crippen MR) is 104 cm³/mol. The van der Waals surface area contributed by atoms with Crippen LogP contribution in [0.3, 0.4) is 0 Å². The second kappa shape index (κ2) is 8.58. The molecule has 0 spiro atoms. The lowest BCUT2D eigenvalue weighted by Gasteiger charge is -2.14. The molecule has 1 aromatic heterocycles. The van der Waals surface area contributed by atoms with Crippen LogP contribution in [0.5, 0.6) is 5.75 Å². The molecule has 3 rings (SSSR count). The van der Waals surface area contributed by atoms with Gasteiger partial charge in [-0.2, -0.15) is 0 Å². The quantitative estimate of drug-likeness (QED) is 0.616. The topological polar surface area (TPSA) is 73.5 Å². The van der Waals surface area contributed by atoms with Gasteiger partial charge in [-0.05, 0) is 43.2 Å². The smallest absolute Gasteiger partial charge is 0.420 e. The molecule has 0 saturated carbocycles. The van der Waals surface area contributed by atoms with Crippen molar-refractivity contribution in [3.63, 3.8) is 0 Å². The minimum Gasteiger partial charge on any atom is -0.494 e. The number of benzene rings is 2. The standard InChI is InChI=1S/C21H24N2O4/c1-3-4-12-26-17-9-7-8-16(13-17)14-22-20(24)15(2)23-18-10-5-6-11-19(18)27-21(23)25/h5-11,13,15H,3-4,12,14H2,1-2H3,(H,22,24). The van der Waals surface area contributed by atoms with Crippen LogP contribution < -0.4 is 15.8 Å². The molecule has 1 atom stereocenters. The van der Waals surface area contributed by atoms with Crippen molar-refractivity contribution in [2.75, 3.05) is 6.61 Å². The summed E-state index contributed by atoms with van der Waals surface area (Å²) in [5.41, 5.74) is 2.02. The molecule has 1 N–H and O–H groups in total. The number of fused-ring (bicyclic) bond motifs is 1. The Morgan fingerprint density at radius 2 is 2.04 bits per heavy atom. The maximum Gasteiger partial charge on any atom is 0.420 e. The van der Waals surface area contributed by atoms with Gasteiger partial charge >= 0.3 is 5.76 Å². The number of unbranched alkanes of at least 4 members (excludes halogenated alkanes) is 1. The molecule has 0 radical (unpaired) electrons. The summed E-state index contributed by atoms with van der Waals surface area (Å²) in [4.78, 5) is 24.7. The van der Waals surface area contributed by atoms with E-state index >= 15 is 0 Å². The lowest BCUT2D eigenvalue weighted by molar-refractivity contribution is -0.124. The number of para-hydroxylation sites is 2. The summed E-state index contributed by atoms with van der Waals surface area (Å²) in [7, 11) is 0. The van der Waals surface area contributed by atoms with Crippen molar-refractivity contribution in [2.45, 2.75) is 39.3 Å². The Kier molecular flexibility index (Phi) is 5.96. The number of aromatic nitrogens is 1. The Hall–Kier alpha value is -3.02. The fraction of sp³-hybridized carbons (Fsp3) is 0.333. The Morgan fingerprint density at radius 1 is 1.22 bits per heavy atom. The first-order valence-electron chi connectivity index (χ1n) is 9.19. The molecule has 0 aliphatic heterocycles. The average molecular weight is 368 g/mol. The van der Waals surface area contributed by atoms with Crippen LogP contribution in [0.2, 0.25) is 0 Å². The Bertz CT molecular complexity index is 973. The predicted octanol–water partition coefficient (Wildman–Crippen LogP) is 3.65. The first-order chi connectivity index (χ1) is 13.1. The van der Waals surface area contributed by atoms with Gasteiger partial charge in [0.25, 0.3) is 0 Å². The molecule has 0 aliphatic rings. The third kappa shape index (κ3) is 4.39. The minimum absolute atomic E-state index is 0.249. The molecule has 1 amide bonds. The van der Waals surface area contributed by atoms with Gasteiger partial charge in [-0.1, -0.05) is 37.6 Å². The number of ether oxygens (including phenoxy) is 1. The van der Waals surface area contributed by atoms with E-state index in [1.54, 1.807) is 25.1 Å². The number of nitrogens with zero attached hydrogens (tertiary/aromatic N) is 1. The Morgan fingerprint density at radius 3 is 2.85 bits per heavy atom. The molecule has 2 aromatic carbocycles. The number of hydrogen-bond donors (Lipinski definition) is 1. The van der Waals surface area contributed by atoms with Crippen LogP contribution in [0.25, 0.3) is 11.1 Å². The molecule has 0 aliphatic carbocycles. The molecule has 6 nitrogen and oxygen atoms in total. The maximum atomic E-state index is 12.6. The molecule has 1 unspecified atom stereocenters. The van der Waals surface area contributed by atoms with E-state index in [0.717, 1.165) is 24.2 Å². The second-order valence-electron chi connectivity index (χ2n) is 6.45. The van der Waals surface area contributed by atoms with Crippen molar-refractivity contribution in [1.29, 1.82) is 0 Å². The molecule has 3 aromatic rings. The van der Waals surface area contributed by atoms with Gasteiger partial charge in [0, 0.05) is 6.54 Å². The number of carbonyl (C=O) groups excluding carboxylic acids is 1. The molecule has 142 valence electrons. The van der Waals surface area contributed by atoms with Crippen molar-refractivity contribution in [3.05, 3.63) is 64.6 Å². The van der Waals surface area contributed by atoms with E-state index in [1.807, 2.05) is 30.3 Å². The van der Waals surface area contributed by atoms with Gasteiger partial charge in [-0.15, -0.1) is 0 Å². The average Bonchev–Trinajstić information content (AvgIpc) is 3.01. The minimum atomic E-state index is -0.676. The number of oxazole rings is 1. The summed E-state index contributed by atoms with van der Waals surface area (Å²) >= 11 is 0. The van der Waals surface area contributed by atoms with Crippen molar-refractivity contribution in [3.8, 4) is 5.75 Å². The van der Waals surface area contributed by atoms with Gasteiger partial charge in [0.05, 0.1) is 12.1 Å². The van der Waals surface area contributed by atoms with Gasteiger partial charge < -0.3 is 14.5 Å². The summed E-state index contributed by atoms with van der Waals surface area (Å²) in [6.45, 7) is 4.84. The molecule has 27 heavy (non-hydrogen) atoms. The number of rotatable bonds is 8. The highest BCUT2D eigenvalue weighted by Gasteiger charge is 2.20. The van der Waals surface area contributed by atoms with E-state index in [2.05, 4.69) is 12.2 Å². The summed E-state index contributed by atoms with van der Waals surface area (Å²) in [5, 5.41) is 2.88. The van der Waals surface area contributed by atoms with Crippen molar-refractivity contribution in [2.24, 2.45) is 0 Å². The van der Waals surface area contributed by atoms with Crippen LogP contribution in [0, 0.1) is 0 Å². The Balaban J connectivity index is 1.66. The number of amides is 1. The van der Waals surface area contributed by atoms with E-state index < -0.39 is 11.8 Å². The molecule has 1 heterocycles. The summed E-state index contributed by atoms with van der Waals surface area (Å²) in [6, 6.07) is 14.0. The largest absolute Gasteiger partial charge is 0.494 e. The molecule has 6 heteroatoms. The van der Waals surface area contributed by atoms with E-state index in [4.69, 9.17) is 9.15 Å². The van der Waals surface area contributed by atoms with Crippen molar-refractivity contribution >= 4 is 17.0 Å². The van der Waals surface area contributed by atoms with Crippen LogP contribution in [-0.2, 0) is 11.3 Å². The second-order valence-corrected chi connectivity index (χ2v) is 6.45. The lowest BCUT2D eigenvalue weighted by atomic mass is 10.2. The SMILES string of the molecule is CCCCOc1cccc(CNC(=O)C(C)n2c(=O)oc3ccccc32)c1. The van der Waals surface area contributed by atoms with Crippen LogP contribution >= 0.6 is 0 Å². The van der Waals surface area contributed by atoms with E-state index in [9.17, 15) is 9.59 Å².